The second-order valence-corrected chi connectivity index (χ2v) is 6.76. The highest BCUT2D eigenvalue weighted by Gasteiger charge is 2.55. The van der Waals surface area contributed by atoms with Crippen molar-refractivity contribution in [3.05, 3.63) is 42.0 Å². The van der Waals surface area contributed by atoms with Crippen LogP contribution in [0.5, 0.6) is 0 Å². The van der Waals surface area contributed by atoms with E-state index in [2.05, 4.69) is 0 Å². The third-order valence-corrected chi connectivity index (χ3v) is 5.35. The summed E-state index contributed by atoms with van der Waals surface area (Å²) in [6.07, 6.45) is 4.12. The first-order chi connectivity index (χ1) is 9.51. The summed E-state index contributed by atoms with van der Waals surface area (Å²) in [4.78, 5) is 25.2. The Hall–Kier alpha value is -1.55. The van der Waals surface area contributed by atoms with Crippen molar-refractivity contribution < 1.29 is 14.3 Å². The normalized spacial score (nSPS) is 31.2. The van der Waals surface area contributed by atoms with Crippen molar-refractivity contribution in [3.8, 4) is 0 Å². The van der Waals surface area contributed by atoms with Crippen LogP contribution in [0.25, 0.3) is 0 Å². The lowest BCUT2D eigenvalue weighted by Gasteiger charge is -2.44. The first-order valence-electron chi connectivity index (χ1n) is 6.68. The number of aryl methyl sites for hydroxylation is 1. The van der Waals surface area contributed by atoms with E-state index >= 15 is 0 Å². The maximum Gasteiger partial charge on any atom is 0.327 e. The zero-order chi connectivity index (χ0) is 14.3. The number of thioether (sulfide) groups is 1. The molecular formula is C16H16O3S. The molecule has 0 radical (unpaired) electrons. The SMILES string of the molecule is CC(=O)[C@@H]1C[C@@H]2C=C[C@@]1(Sc1ccc(C)cc1)C(=O)O2. The smallest absolute Gasteiger partial charge is 0.327 e. The molecule has 1 aliphatic carbocycles. The highest BCUT2D eigenvalue weighted by atomic mass is 32.2. The van der Waals surface area contributed by atoms with Gasteiger partial charge in [0, 0.05) is 4.90 Å². The third-order valence-electron chi connectivity index (χ3n) is 3.92. The number of ether oxygens (including phenoxy) is 1. The number of carbonyl (C=O) groups excluding carboxylic acids is 2. The molecule has 104 valence electrons. The molecule has 0 unspecified atom stereocenters. The fourth-order valence-electron chi connectivity index (χ4n) is 2.80. The number of ketones is 1. The van der Waals surface area contributed by atoms with E-state index in [1.807, 2.05) is 43.3 Å². The van der Waals surface area contributed by atoms with Crippen LogP contribution in [0.1, 0.15) is 18.9 Å². The van der Waals surface area contributed by atoms with Crippen LogP contribution in [0.2, 0.25) is 0 Å². The Morgan fingerprint density at radius 1 is 1.35 bits per heavy atom. The van der Waals surface area contributed by atoms with Gasteiger partial charge in [-0.3, -0.25) is 9.59 Å². The van der Waals surface area contributed by atoms with Gasteiger partial charge >= 0.3 is 5.97 Å². The third kappa shape index (κ3) is 2.08. The van der Waals surface area contributed by atoms with Crippen LogP contribution in [0.3, 0.4) is 0 Å². The molecule has 4 heteroatoms. The van der Waals surface area contributed by atoms with Crippen LogP contribution in [-0.4, -0.2) is 22.6 Å². The van der Waals surface area contributed by atoms with Gasteiger partial charge in [-0.25, -0.2) is 0 Å². The molecule has 0 N–H and O–H groups in total. The van der Waals surface area contributed by atoms with Gasteiger partial charge in [-0.05, 0) is 38.5 Å². The minimum absolute atomic E-state index is 0.0515. The van der Waals surface area contributed by atoms with E-state index in [0.717, 1.165) is 4.90 Å². The van der Waals surface area contributed by atoms with Gasteiger partial charge in [0.15, 0.2) is 0 Å². The van der Waals surface area contributed by atoms with E-state index in [4.69, 9.17) is 4.74 Å². The molecule has 0 aromatic heterocycles. The Kier molecular flexibility index (Phi) is 3.21. The van der Waals surface area contributed by atoms with E-state index in [1.54, 1.807) is 6.92 Å². The van der Waals surface area contributed by atoms with E-state index < -0.39 is 4.75 Å². The summed E-state index contributed by atoms with van der Waals surface area (Å²) in [7, 11) is 0. The monoisotopic (exact) mass is 288 g/mol. The Morgan fingerprint density at radius 3 is 2.65 bits per heavy atom. The van der Waals surface area contributed by atoms with Crippen LogP contribution in [0, 0.1) is 12.8 Å². The van der Waals surface area contributed by atoms with Crippen LogP contribution in [0.4, 0.5) is 0 Å². The van der Waals surface area contributed by atoms with Crippen molar-refractivity contribution in [1.29, 1.82) is 0 Å². The van der Waals surface area contributed by atoms with Gasteiger partial charge < -0.3 is 4.74 Å². The Morgan fingerprint density at radius 2 is 2.05 bits per heavy atom. The van der Waals surface area contributed by atoms with Gasteiger partial charge in [0.2, 0.25) is 0 Å². The number of rotatable bonds is 3. The zero-order valence-electron chi connectivity index (χ0n) is 11.5. The maximum absolute atomic E-state index is 12.3. The Balaban J connectivity index is 1.99. The van der Waals surface area contributed by atoms with Crippen LogP contribution >= 0.6 is 11.8 Å². The predicted octanol–water partition coefficient (Wildman–Crippen LogP) is 2.92. The molecule has 0 spiro atoms. The van der Waals surface area contributed by atoms with Crippen molar-refractivity contribution in [3.63, 3.8) is 0 Å². The summed E-state index contributed by atoms with van der Waals surface area (Å²) in [6.45, 7) is 3.58. The molecule has 0 amide bonds. The topological polar surface area (TPSA) is 43.4 Å². The van der Waals surface area contributed by atoms with Crippen LogP contribution in [0.15, 0.2) is 41.3 Å². The molecule has 1 aromatic rings. The number of esters is 1. The molecule has 3 aliphatic rings. The average molecular weight is 288 g/mol. The van der Waals surface area contributed by atoms with Crippen molar-refractivity contribution in [2.75, 3.05) is 0 Å². The Labute approximate surface area is 122 Å². The number of carbonyl (C=O) groups is 2. The minimum atomic E-state index is -0.893. The lowest BCUT2D eigenvalue weighted by atomic mass is 9.77. The fraction of sp³-hybridized carbons (Fsp3) is 0.375. The minimum Gasteiger partial charge on any atom is -0.457 e. The van der Waals surface area contributed by atoms with Crippen molar-refractivity contribution in [2.45, 2.75) is 36.0 Å². The van der Waals surface area contributed by atoms with Gasteiger partial charge in [0.25, 0.3) is 0 Å². The first-order valence-corrected chi connectivity index (χ1v) is 7.49. The van der Waals surface area contributed by atoms with Gasteiger partial charge in [-0.1, -0.05) is 23.8 Å². The molecule has 1 fully saturated rings. The lowest BCUT2D eigenvalue weighted by Crippen LogP contribution is -2.55. The Bertz CT molecular complexity index is 590. The van der Waals surface area contributed by atoms with Crippen LogP contribution < -0.4 is 0 Å². The van der Waals surface area contributed by atoms with Crippen molar-refractivity contribution in [2.24, 2.45) is 5.92 Å². The molecule has 20 heavy (non-hydrogen) atoms. The molecule has 3 nitrogen and oxygen atoms in total. The number of Topliss-reactive ketones (excluding diaryl/α,β-unsaturated/α-hetero) is 1. The maximum atomic E-state index is 12.3. The number of benzene rings is 1. The van der Waals surface area contributed by atoms with Crippen LogP contribution in [-0.2, 0) is 14.3 Å². The van der Waals surface area contributed by atoms with E-state index in [-0.39, 0.29) is 23.8 Å². The number of hydrogen-bond acceptors (Lipinski definition) is 4. The van der Waals surface area contributed by atoms with Gasteiger partial charge in [0.05, 0.1) is 5.92 Å². The van der Waals surface area contributed by atoms with Crippen molar-refractivity contribution in [1.82, 2.24) is 0 Å². The molecule has 1 saturated heterocycles. The van der Waals surface area contributed by atoms with E-state index in [0.29, 0.717) is 6.42 Å². The number of hydrogen-bond donors (Lipinski definition) is 0. The standard InChI is InChI=1S/C16H16O3S/c1-10-3-5-13(6-4-10)20-16-8-7-12(19-15(16)18)9-14(16)11(2)17/h3-8,12,14H,9H2,1-2H3/t12-,14-,16-/m0/s1. The largest absolute Gasteiger partial charge is 0.457 e. The zero-order valence-corrected chi connectivity index (χ0v) is 12.3. The average Bonchev–Trinajstić information content (AvgIpc) is 2.42. The molecule has 2 heterocycles. The van der Waals surface area contributed by atoms with Gasteiger partial charge in [-0.2, -0.15) is 0 Å². The molecule has 4 rings (SSSR count). The fourth-order valence-corrected chi connectivity index (χ4v) is 4.14. The quantitative estimate of drug-likeness (QED) is 0.633. The van der Waals surface area contributed by atoms with E-state index in [9.17, 15) is 9.59 Å². The summed E-state index contributed by atoms with van der Waals surface area (Å²) in [5.41, 5.74) is 1.17. The molecule has 0 saturated carbocycles. The molecular weight excluding hydrogens is 272 g/mol. The van der Waals surface area contributed by atoms with Gasteiger partial charge in [-0.15, -0.1) is 11.8 Å². The molecule has 2 aliphatic heterocycles. The predicted molar refractivity (Wildman–Crippen MR) is 77.6 cm³/mol. The number of fused-ring (bicyclic) bond motifs is 2. The first kappa shape index (κ1) is 13.4. The summed E-state index contributed by atoms with van der Waals surface area (Å²) in [5.74, 6) is -0.539. The summed E-state index contributed by atoms with van der Waals surface area (Å²) < 4.78 is 4.47. The molecule has 3 atom stereocenters. The lowest BCUT2D eigenvalue weighted by molar-refractivity contribution is -0.160. The van der Waals surface area contributed by atoms with Gasteiger partial charge in [0.1, 0.15) is 16.6 Å². The second-order valence-electron chi connectivity index (χ2n) is 5.41. The van der Waals surface area contributed by atoms with Crippen molar-refractivity contribution >= 4 is 23.5 Å². The summed E-state index contributed by atoms with van der Waals surface area (Å²) >= 11 is 1.42. The molecule has 1 aromatic carbocycles. The van der Waals surface area contributed by atoms with E-state index in [1.165, 1.54) is 17.3 Å². The highest BCUT2D eigenvalue weighted by molar-refractivity contribution is 8.01. The highest BCUT2D eigenvalue weighted by Crippen LogP contribution is 2.49. The molecule has 2 bridgehead atoms. The summed E-state index contributed by atoms with van der Waals surface area (Å²) in [6, 6.07) is 7.97. The summed E-state index contributed by atoms with van der Waals surface area (Å²) in [5, 5.41) is 0. The second kappa shape index (κ2) is 4.77.